The van der Waals surface area contributed by atoms with Gasteiger partial charge < -0.3 is 10.2 Å². The molecule has 0 saturated heterocycles. The number of carbonyl (C=O) groups excluding carboxylic acids is 1. The number of hydrogen-bond acceptors (Lipinski definition) is 3. The molecule has 2 N–H and O–H groups in total. The molecule has 1 atom stereocenters. The third kappa shape index (κ3) is 3.32. The van der Waals surface area contributed by atoms with Gasteiger partial charge in [-0.15, -0.1) is 0 Å². The van der Waals surface area contributed by atoms with Gasteiger partial charge in [0, 0.05) is 12.0 Å². The topological polar surface area (TPSA) is 91.7 Å². The molecular weight excluding hydrogens is 260 g/mol. The predicted molar refractivity (Wildman–Crippen MR) is 72.3 cm³/mol. The van der Waals surface area contributed by atoms with Gasteiger partial charge in [-0.1, -0.05) is 36.9 Å². The normalized spacial score (nSPS) is 13.2. The summed E-state index contributed by atoms with van der Waals surface area (Å²) in [5.74, 6) is -3.17. The van der Waals surface area contributed by atoms with Crippen LogP contribution < -0.4 is 0 Å². The van der Waals surface area contributed by atoms with Crippen LogP contribution in [0.3, 0.4) is 0 Å². The minimum atomic E-state index is -1.82. The van der Waals surface area contributed by atoms with Crippen LogP contribution in [0, 0.1) is 5.41 Å². The third-order valence-electron chi connectivity index (χ3n) is 3.14. The van der Waals surface area contributed by atoms with Crippen LogP contribution in [0.1, 0.15) is 18.9 Å². The molecule has 0 heterocycles. The van der Waals surface area contributed by atoms with Crippen molar-refractivity contribution in [2.45, 2.75) is 19.8 Å². The van der Waals surface area contributed by atoms with E-state index in [4.69, 9.17) is 5.11 Å². The smallest absolute Gasteiger partial charge is 0.332 e. The number of carboxylic acid groups (broad SMARTS) is 2. The molecule has 1 aromatic carbocycles. The molecule has 0 bridgehead atoms. The number of aliphatic carboxylic acids is 2. The summed E-state index contributed by atoms with van der Waals surface area (Å²) in [7, 11) is 0. The Balaban J connectivity index is 3.30. The van der Waals surface area contributed by atoms with E-state index in [0.29, 0.717) is 5.56 Å². The highest BCUT2D eigenvalue weighted by Crippen LogP contribution is 2.35. The van der Waals surface area contributed by atoms with Crippen LogP contribution in [-0.2, 0) is 20.8 Å². The zero-order valence-electron chi connectivity index (χ0n) is 11.1. The molecule has 0 spiro atoms. The first-order valence-electron chi connectivity index (χ1n) is 5.99. The third-order valence-corrected chi connectivity index (χ3v) is 3.14. The van der Waals surface area contributed by atoms with Gasteiger partial charge in [-0.25, -0.2) is 4.79 Å². The highest BCUT2D eigenvalue weighted by atomic mass is 16.4. The maximum atomic E-state index is 11.6. The predicted octanol–water partition coefficient (Wildman–Crippen LogP) is 1.92. The zero-order chi connectivity index (χ0) is 15.3. The Morgan fingerprint density at radius 2 is 1.70 bits per heavy atom. The summed E-state index contributed by atoms with van der Waals surface area (Å²) < 4.78 is 0. The molecule has 0 fully saturated rings. The Labute approximate surface area is 116 Å². The SMILES string of the molecule is C=C(C(=O)O)C(CC(C)=O)(Cc1ccccc1)C(=O)O. The first-order valence-corrected chi connectivity index (χ1v) is 5.99. The van der Waals surface area contributed by atoms with Crippen molar-refractivity contribution in [3.63, 3.8) is 0 Å². The number of carbonyl (C=O) groups is 3. The molecule has 1 unspecified atom stereocenters. The Morgan fingerprint density at radius 3 is 2.10 bits per heavy atom. The second-order valence-electron chi connectivity index (χ2n) is 4.71. The van der Waals surface area contributed by atoms with Crippen molar-refractivity contribution in [2.75, 3.05) is 0 Å². The average molecular weight is 276 g/mol. The fraction of sp³-hybridized carbons (Fsp3) is 0.267. The lowest BCUT2D eigenvalue weighted by Crippen LogP contribution is -2.39. The van der Waals surface area contributed by atoms with Crippen LogP contribution in [0.25, 0.3) is 0 Å². The van der Waals surface area contributed by atoms with E-state index in [-0.39, 0.29) is 6.42 Å². The van der Waals surface area contributed by atoms with E-state index < -0.39 is 35.1 Å². The van der Waals surface area contributed by atoms with E-state index in [1.165, 1.54) is 6.92 Å². The lowest BCUT2D eigenvalue weighted by atomic mass is 9.72. The van der Waals surface area contributed by atoms with Gasteiger partial charge in [0.1, 0.15) is 11.2 Å². The van der Waals surface area contributed by atoms with Crippen LogP contribution in [0.5, 0.6) is 0 Å². The second kappa shape index (κ2) is 6.14. The summed E-state index contributed by atoms with van der Waals surface area (Å²) in [6.45, 7) is 4.60. The van der Waals surface area contributed by atoms with E-state index in [0.717, 1.165) is 0 Å². The fourth-order valence-corrected chi connectivity index (χ4v) is 2.13. The maximum Gasteiger partial charge on any atom is 0.332 e. The maximum absolute atomic E-state index is 11.6. The highest BCUT2D eigenvalue weighted by molar-refractivity contribution is 5.99. The van der Waals surface area contributed by atoms with Gasteiger partial charge in [0.05, 0.1) is 0 Å². The van der Waals surface area contributed by atoms with Crippen LogP contribution in [0.4, 0.5) is 0 Å². The number of carboxylic acids is 2. The van der Waals surface area contributed by atoms with E-state index in [1.807, 2.05) is 0 Å². The van der Waals surface area contributed by atoms with Gasteiger partial charge in [-0.2, -0.15) is 0 Å². The van der Waals surface area contributed by atoms with Crippen LogP contribution in [0.2, 0.25) is 0 Å². The largest absolute Gasteiger partial charge is 0.481 e. The number of hydrogen-bond donors (Lipinski definition) is 2. The molecule has 0 amide bonds. The molecule has 0 aliphatic carbocycles. The fourth-order valence-electron chi connectivity index (χ4n) is 2.13. The summed E-state index contributed by atoms with van der Waals surface area (Å²) in [6, 6.07) is 8.58. The Morgan fingerprint density at radius 1 is 1.15 bits per heavy atom. The van der Waals surface area contributed by atoms with Gasteiger partial charge in [0.25, 0.3) is 0 Å². The van der Waals surface area contributed by atoms with Gasteiger partial charge in [0.15, 0.2) is 0 Å². The lowest BCUT2D eigenvalue weighted by molar-refractivity contribution is -0.151. The van der Waals surface area contributed by atoms with E-state index in [2.05, 4.69) is 6.58 Å². The molecule has 0 aromatic heterocycles. The summed E-state index contributed by atoms with van der Waals surface area (Å²) >= 11 is 0. The Bertz CT molecular complexity index is 547. The molecule has 0 saturated carbocycles. The molecule has 106 valence electrons. The molecule has 1 aromatic rings. The molecule has 20 heavy (non-hydrogen) atoms. The second-order valence-corrected chi connectivity index (χ2v) is 4.71. The van der Waals surface area contributed by atoms with Crippen molar-refractivity contribution >= 4 is 17.7 Å². The van der Waals surface area contributed by atoms with Crippen LogP contribution in [-0.4, -0.2) is 27.9 Å². The van der Waals surface area contributed by atoms with E-state index in [1.54, 1.807) is 30.3 Å². The van der Waals surface area contributed by atoms with Crippen molar-refractivity contribution in [3.8, 4) is 0 Å². The minimum Gasteiger partial charge on any atom is -0.481 e. The summed E-state index contributed by atoms with van der Waals surface area (Å²) in [5.41, 5.74) is -1.67. The van der Waals surface area contributed by atoms with Crippen molar-refractivity contribution in [1.29, 1.82) is 0 Å². The van der Waals surface area contributed by atoms with E-state index in [9.17, 15) is 19.5 Å². The Kier molecular flexibility index (Phi) is 4.80. The summed E-state index contributed by atoms with van der Waals surface area (Å²) in [6.07, 6.45) is -0.490. The molecule has 0 aliphatic rings. The van der Waals surface area contributed by atoms with Crippen molar-refractivity contribution in [2.24, 2.45) is 5.41 Å². The standard InChI is InChI=1S/C15H16O5/c1-10(16)8-15(14(19)20,11(2)13(17)18)9-12-6-4-3-5-7-12/h3-7H,2,8-9H2,1H3,(H,17,18)(H,19,20). The molecule has 5 heteroatoms. The first-order chi connectivity index (χ1) is 9.29. The summed E-state index contributed by atoms with van der Waals surface area (Å²) in [5, 5.41) is 18.6. The number of rotatable bonds is 7. The van der Waals surface area contributed by atoms with Crippen molar-refractivity contribution in [1.82, 2.24) is 0 Å². The molecular formula is C15H16O5. The van der Waals surface area contributed by atoms with Crippen LogP contribution >= 0.6 is 0 Å². The number of Topliss-reactive ketones (excluding diaryl/α,β-unsaturated/α-hetero) is 1. The quantitative estimate of drug-likeness (QED) is 0.742. The van der Waals surface area contributed by atoms with Gasteiger partial charge in [0.2, 0.25) is 0 Å². The van der Waals surface area contributed by atoms with Gasteiger partial charge in [-0.05, 0) is 18.9 Å². The minimum absolute atomic E-state index is 0.0894. The van der Waals surface area contributed by atoms with Gasteiger partial charge >= 0.3 is 11.9 Å². The average Bonchev–Trinajstić information content (AvgIpc) is 2.37. The Hall–Kier alpha value is -2.43. The first kappa shape index (κ1) is 15.6. The summed E-state index contributed by atoms with van der Waals surface area (Å²) in [4.78, 5) is 34.2. The van der Waals surface area contributed by atoms with Crippen molar-refractivity contribution in [3.05, 3.63) is 48.0 Å². The zero-order valence-corrected chi connectivity index (χ0v) is 11.1. The number of benzene rings is 1. The monoisotopic (exact) mass is 276 g/mol. The molecule has 1 rings (SSSR count). The highest BCUT2D eigenvalue weighted by Gasteiger charge is 2.45. The van der Waals surface area contributed by atoms with Crippen molar-refractivity contribution < 1.29 is 24.6 Å². The lowest BCUT2D eigenvalue weighted by Gasteiger charge is -2.28. The van der Waals surface area contributed by atoms with E-state index >= 15 is 0 Å². The molecule has 5 nitrogen and oxygen atoms in total. The van der Waals surface area contributed by atoms with Crippen LogP contribution in [0.15, 0.2) is 42.5 Å². The molecule has 0 radical (unpaired) electrons. The van der Waals surface area contributed by atoms with Gasteiger partial charge in [-0.3, -0.25) is 9.59 Å². The number of ketones is 1. The molecule has 0 aliphatic heterocycles.